The molecule has 0 aliphatic heterocycles. The van der Waals surface area contributed by atoms with Crippen molar-refractivity contribution in [3.63, 3.8) is 0 Å². The van der Waals surface area contributed by atoms with Gasteiger partial charge in [0.05, 0.1) is 5.69 Å². The fourth-order valence-corrected chi connectivity index (χ4v) is 1.96. The lowest BCUT2D eigenvalue weighted by Gasteiger charge is -1.99. The fourth-order valence-electron chi connectivity index (χ4n) is 1.96. The second-order valence-corrected chi connectivity index (χ2v) is 4.85. The van der Waals surface area contributed by atoms with Crippen molar-refractivity contribution < 1.29 is 4.79 Å². The van der Waals surface area contributed by atoms with Gasteiger partial charge in [0.2, 0.25) is 5.91 Å². The quantitative estimate of drug-likeness (QED) is 0.840. The summed E-state index contributed by atoms with van der Waals surface area (Å²) in [4.78, 5) is 11.9. The summed E-state index contributed by atoms with van der Waals surface area (Å²) in [5, 5.41) is 13.9. The van der Waals surface area contributed by atoms with E-state index >= 15 is 0 Å². The fraction of sp³-hybridized carbons (Fsp3) is 0.357. The number of carbonyl (C=O) groups excluding carboxylic acids is 1. The van der Waals surface area contributed by atoms with E-state index in [0.717, 1.165) is 28.2 Å². The molecule has 0 spiro atoms. The molecule has 0 aliphatic rings. The highest BCUT2D eigenvalue weighted by atomic mass is 16.1. The molecule has 0 unspecified atom stereocenters. The summed E-state index contributed by atoms with van der Waals surface area (Å²) in [6.07, 6.45) is 3.28. The van der Waals surface area contributed by atoms with Crippen molar-refractivity contribution in [1.82, 2.24) is 20.0 Å². The molecule has 0 aromatic carbocycles. The molecule has 0 atom stereocenters. The Morgan fingerprint density at radius 2 is 2.00 bits per heavy atom. The normalized spacial score (nSPS) is 11.2. The number of aromatic nitrogens is 4. The lowest BCUT2D eigenvalue weighted by atomic mass is 10.2. The maximum Gasteiger partial charge on any atom is 0.249 e. The maximum atomic E-state index is 11.9. The average molecular weight is 273 g/mol. The topological polar surface area (TPSA) is 75.6 Å². The van der Waals surface area contributed by atoms with Crippen molar-refractivity contribution in [3.05, 3.63) is 34.3 Å². The standard InChI is InChI=1S/C14H19N5O/c1-8-9(2)16-17-14(8)15-13(20)7-6-12-10(3)18-19(5)11(12)4/h6-7H,1-5H3,(H2,15,16,17,20)/b7-6+. The van der Waals surface area contributed by atoms with Crippen LogP contribution in [0.1, 0.15) is 28.2 Å². The number of amides is 1. The Hall–Kier alpha value is -2.37. The van der Waals surface area contributed by atoms with Gasteiger partial charge >= 0.3 is 0 Å². The molecule has 0 saturated heterocycles. The molecular weight excluding hydrogens is 254 g/mol. The molecule has 20 heavy (non-hydrogen) atoms. The van der Waals surface area contributed by atoms with E-state index in [0.29, 0.717) is 5.82 Å². The third-order valence-electron chi connectivity index (χ3n) is 3.46. The van der Waals surface area contributed by atoms with Crippen LogP contribution in [0, 0.1) is 27.7 Å². The lowest BCUT2D eigenvalue weighted by Crippen LogP contribution is -2.09. The SMILES string of the molecule is Cc1nn(C)c(C)c1/C=C/C(=O)Nc1n[nH]c(C)c1C. The van der Waals surface area contributed by atoms with Gasteiger partial charge in [0, 0.05) is 35.6 Å². The third-order valence-corrected chi connectivity index (χ3v) is 3.46. The van der Waals surface area contributed by atoms with Gasteiger partial charge in [-0.25, -0.2) is 0 Å². The summed E-state index contributed by atoms with van der Waals surface area (Å²) in [7, 11) is 1.88. The minimum absolute atomic E-state index is 0.206. The number of nitrogens with one attached hydrogen (secondary N) is 2. The molecule has 6 nitrogen and oxygen atoms in total. The number of anilines is 1. The van der Waals surface area contributed by atoms with E-state index in [9.17, 15) is 4.79 Å². The number of carbonyl (C=O) groups is 1. The van der Waals surface area contributed by atoms with Gasteiger partial charge in [0.1, 0.15) is 0 Å². The van der Waals surface area contributed by atoms with Crippen LogP contribution in [0.15, 0.2) is 6.08 Å². The van der Waals surface area contributed by atoms with E-state index in [4.69, 9.17) is 0 Å². The van der Waals surface area contributed by atoms with Gasteiger partial charge in [-0.1, -0.05) is 0 Å². The zero-order chi connectivity index (χ0) is 14.9. The van der Waals surface area contributed by atoms with Gasteiger partial charge in [-0.05, 0) is 33.8 Å². The van der Waals surface area contributed by atoms with Crippen LogP contribution in [-0.4, -0.2) is 25.9 Å². The van der Waals surface area contributed by atoms with Crippen molar-refractivity contribution in [2.24, 2.45) is 7.05 Å². The Bertz CT molecular complexity index is 678. The minimum Gasteiger partial charge on any atom is -0.305 e. The molecule has 1 amide bonds. The molecule has 6 heteroatoms. The minimum atomic E-state index is -0.206. The zero-order valence-corrected chi connectivity index (χ0v) is 12.4. The highest BCUT2D eigenvalue weighted by Crippen LogP contribution is 2.15. The maximum absolute atomic E-state index is 11.9. The summed E-state index contributed by atoms with van der Waals surface area (Å²) in [5.41, 5.74) is 4.79. The molecule has 0 fully saturated rings. The number of nitrogens with zero attached hydrogens (tertiary/aromatic N) is 3. The second-order valence-electron chi connectivity index (χ2n) is 4.85. The summed E-state index contributed by atoms with van der Waals surface area (Å²) in [5.74, 6) is 0.360. The van der Waals surface area contributed by atoms with Gasteiger partial charge in [0.15, 0.2) is 5.82 Å². The average Bonchev–Trinajstić information content (AvgIpc) is 2.82. The van der Waals surface area contributed by atoms with Crippen LogP contribution >= 0.6 is 0 Å². The Kier molecular flexibility index (Phi) is 3.74. The van der Waals surface area contributed by atoms with Gasteiger partial charge < -0.3 is 5.32 Å². The molecule has 2 N–H and O–H groups in total. The molecule has 2 rings (SSSR count). The van der Waals surface area contributed by atoms with E-state index in [1.54, 1.807) is 10.8 Å². The Morgan fingerprint density at radius 1 is 1.30 bits per heavy atom. The van der Waals surface area contributed by atoms with Crippen molar-refractivity contribution >= 4 is 17.8 Å². The lowest BCUT2D eigenvalue weighted by molar-refractivity contribution is -0.111. The molecule has 0 saturated carbocycles. The van der Waals surface area contributed by atoms with Crippen LogP contribution in [0.25, 0.3) is 6.08 Å². The number of aryl methyl sites for hydroxylation is 3. The monoisotopic (exact) mass is 273 g/mol. The summed E-state index contributed by atoms with van der Waals surface area (Å²) in [6, 6.07) is 0. The van der Waals surface area contributed by atoms with E-state index in [-0.39, 0.29) is 5.91 Å². The smallest absolute Gasteiger partial charge is 0.249 e. The van der Waals surface area contributed by atoms with Crippen LogP contribution in [0.3, 0.4) is 0 Å². The molecule has 0 radical (unpaired) electrons. The Balaban J connectivity index is 2.12. The van der Waals surface area contributed by atoms with Crippen molar-refractivity contribution in [2.75, 3.05) is 5.32 Å². The third kappa shape index (κ3) is 2.64. The van der Waals surface area contributed by atoms with Crippen LogP contribution in [0.4, 0.5) is 5.82 Å². The first-order valence-electron chi connectivity index (χ1n) is 6.41. The first-order valence-corrected chi connectivity index (χ1v) is 6.41. The zero-order valence-electron chi connectivity index (χ0n) is 12.4. The van der Waals surface area contributed by atoms with E-state index in [2.05, 4.69) is 20.6 Å². The molecule has 2 aromatic heterocycles. The van der Waals surface area contributed by atoms with Crippen LogP contribution in [0.2, 0.25) is 0 Å². The van der Waals surface area contributed by atoms with Gasteiger partial charge in [-0.3, -0.25) is 14.6 Å². The number of aromatic amines is 1. The molecular formula is C14H19N5O. The summed E-state index contributed by atoms with van der Waals surface area (Å²) in [6.45, 7) is 7.72. The van der Waals surface area contributed by atoms with Crippen LogP contribution in [0.5, 0.6) is 0 Å². The van der Waals surface area contributed by atoms with E-state index in [1.807, 2.05) is 34.7 Å². The Morgan fingerprint density at radius 3 is 2.50 bits per heavy atom. The predicted molar refractivity (Wildman–Crippen MR) is 78.4 cm³/mol. The molecule has 2 aromatic rings. The molecule has 0 bridgehead atoms. The van der Waals surface area contributed by atoms with Gasteiger partial charge in [0.25, 0.3) is 0 Å². The first-order chi connectivity index (χ1) is 9.40. The number of rotatable bonds is 3. The van der Waals surface area contributed by atoms with Gasteiger partial charge in [-0.2, -0.15) is 10.2 Å². The van der Waals surface area contributed by atoms with Crippen LogP contribution in [-0.2, 0) is 11.8 Å². The number of H-pyrrole nitrogens is 1. The number of hydrogen-bond donors (Lipinski definition) is 2. The van der Waals surface area contributed by atoms with Crippen LogP contribution < -0.4 is 5.32 Å². The van der Waals surface area contributed by atoms with Crippen molar-refractivity contribution in [2.45, 2.75) is 27.7 Å². The highest BCUT2D eigenvalue weighted by Gasteiger charge is 2.09. The second kappa shape index (κ2) is 5.32. The first kappa shape index (κ1) is 14.0. The molecule has 2 heterocycles. The summed E-state index contributed by atoms with van der Waals surface area (Å²) < 4.78 is 1.80. The van der Waals surface area contributed by atoms with E-state index in [1.165, 1.54) is 6.08 Å². The largest absolute Gasteiger partial charge is 0.305 e. The Labute approximate surface area is 117 Å². The number of hydrogen-bond acceptors (Lipinski definition) is 3. The van der Waals surface area contributed by atoms with Crippen molar-refractivity contribution in [3.8, 4) is 0 Å². The summed E-state index contributed by atoms with van der Waals surface area (Å²) >= 11 is 0. The molecule has 106 valence electrons. The van der Waals surface area contributed by atoms with Gasteiger partial charge in [-0.15, -0.1) is 0 Å². The highest BCUT2D eigenvalue weighted by molar-refractivity contribution is 6.01. The molecule has 0 aliphatic carbocycles. The predicted octanol–water partition coefficient (Wildman–Crippen LogP) is 2.03. The van der Waals surface area contributed by atoms with E-state index < -0.39 is 0 Å². The van der Waals surface area contributed by atoms with Crippen molar-refractivity contribution in [1.29, 1.82) is 0 Å².